The molecule has 1 saturated heterocycles. The Kier molecular flexibility index (Phi) is 13.7. The number of hydrogen-bond donors (Lipinski definition) is 0. The summed E-state index contributed by atoms with van der Waals surface area (Å²) in [5.41, 5.74) is 0. The van der Waals surface area contributed by atoms with E-state index in [-0.39, 0.29) is 5.22 Å². The molecular formula is C17H40O4Si2. The summed E-state index contributed by atoms with van der Waals surface area (Å²) in [5.74, 6) is 0. The zero-order chi connectivity index (χ0) is 17.6. The van der Waals surface area contributed by atoms with Crippen molar-refractivity contribution in [1.29, 1.82) is 0 Å². The van der Waals surface area contributed by atoms with Crippen molar-refractivity contribution in [1.82, 2.24) is 0 Å². The van der Waals surface area contributed by atoms with Crippen molar-refractivity contribution >= 4 is 19.0 Å². The van der Waals surface area contributed by atoms with Crippen LogP contribution in [0.5, 0.6) is 0 Å². The summed E-state index contributed by atoms with van der Waals surface area (Å²) >= 11 is 0. The molecule has 0 amide bonds. The summed E-state index contributed by atoms with van der Waals surface area (Å²) in [4.78, 5) is 0. The van der Waals surface area contributed by atoms with Gasteiger partial charge >= 0.3 is 8.56 Å². The molecule has 4 nitrogen and oxygen atoms in total. The first kappa shape index (κ1) is 23.3. The fourth-order valence-electron chi connectivity index (χ4n) is 3.40. The summed E-state index contributed by atoms with van der Waals surface area (Å²) in [6.07, 6.45) is 7.05. The summed E-state index contributed by atoms with van der Waals surface area (Å²) in [5, 5.41) is -0.119. The van der Waals surface area contributed by atoms with Gasteiger partial charge in [0.2, 0.25) is 0 Å². The molecule has 1 fully saturated rings. The maximum absolute atomic E-state index is 6.16. The van der Waals surface area contributed by atoms with Crippen LogP contribution in [0.4, 0.5) is 0 Å². The number of ether oxygens (including phenoxy) is 1. The molecule has 1 aliphatic rings. The molecule has 1 aliphatic heterocycles. The Balaban J connectivity index is 0.000000688. The van der Waals surface area contributed by atoms with E-state index in [1.807, 2.05) is 0 Å². The van der Waals surface area contributed by atoms with Gasteiger partial charge < -0.3 is 18.0 Å². The fourth-order valence-corrected chi connectivity index (χ4v) is 8.15. The molecule has 140 valence electrons. The standard InChI is InChI=1S/C13H28O3Si.C4H12OSi/c1-5-13(14-6-2)11-9-10-12-17(13,15-7-3)16-8-4;1-2-3-4-5-6/h5-12H2,1-4H3;2-4H2,1,6H3. The van der Waals surface area contributed by atoms with E-state index in [0.717, 1.165) is 55.8 Å². The third kappa shape index (κ3) is 6.96. The minimum Gasteiger partial charge on any atom is -0.428 e. The lowest BCUT2D eigenvalue weighted by Gasteiger charge is -2.49. The van der Waals surface area contributed by atoms with Gasteiger partial charge in [0.25, 0.3) is 0 Å². The van der Waals surface area contributed by atoms with Gasteiger partial charge in [-0.1, -0.05) is 33.1 Å². The van der Waals surface area contributed by atoms with E-state index < -0.39 is 8.56 Å². The first-order valence-corrected chi connectivity index (χ1v) is 12.4. The predicted octanol–water partition coefficient (Wildman–Crippen LogP) is 3.49. The van der Waals surface area contributed by atoms with Gasteiger partial charge in [-0.25, -0.2) is 0 Å². The predicted molar refractivity (Wildman–Crippen MR) is 103 cm³/mol. The molecule has 1 unspecified atom stereocenters. The molecule has 1 rings (SSSR count). The van der Waals surface area contributed by atoms with E-state index >= 15 is 0 Å². The van der Waals surface area contributed by atoms with Crippen molar-refractivity contribution in [2.24, 2.45) is 0 Å². The van der Waals surface area contributed by atoms with Crippen molar-refractivity contribution in [3.8, 4) is 0 Å². The molecule has 0 saturated carbocycles. The average Bonchev–Trinajstić information content (AvgIpc) is 2.56. The van der Waals surface area contributed by atoms with Crippen molar-refractivity contribution in [2.45, 2.75) is 84.4 Å². The normalized spacial score (nSPS) is 23.3. The molecule has 0 aromatic heterocycles. The van der Waals surface area contributed by atoms with Crippen LogP contribution in [-0.4, -0.2) is 50.7 Å². The maximum atomic E-state index is 6.16. The Morgan fingerprint density at radius 2 is 1.61 bits per heavy atom. The minimum absolute atomic E-state index is 0.119. The van der Waals surface area contributed by atoms with Crippen molar-refractivity contribution < 1.29 is 18.0 Å². The zero-order valence-corrected chi connectivity index (χ0v) is 19.4. The van der Waals surface area contributed by atoms with Crippen molar-refractivity contribution in [2.75, 3.05) is 26.4 Å². The second kappa shape index (κ2) is 13.6. The largest absolute Gasteiger partial charge is 0.428 e. The topological polar surface area (TPSA) is 36.9 Å². The van der Waals surface area contributed by atoms with Crippen LogP contribution in [0, 0.1) is 0 Å². The van der Waals surface area contributed by atoms with Crippen LogP contribution in [0.2, 0.25) is 6.04 Å². The van der Waals surface area contributed by atoms with Gasteiger partial charge in [-0.15, -0.1) is 0 Å². The van der Waals surface area contributed by atoms with Crippen molar-refractivity contribution in [3.63, 3.8) is 0 Å². The lowest BCUT2D eigenvalue weighted by molar-refractivity contribution is -0.0426. The van der Waals surface area contributed by atoms with Crippen molar-refractivity contribution in [3.05, 3.63) is 0 Å². The lowest BCUT2D eigenvalue weighted by atomic mass is 10.1. The van der Waals surface area contributed by atoms with Crippen LogP contribution in [0.15, 0.2) is 0 Å². The second-order valence-electron chi connectivity index (χ2n) is 5.95. The summed E-state index contributed by atoms with van der Waals surface area (Å²) in [7, 11) is -1.30. The highest BCUT2D eigenvalue weighted by Crippen LogP contribution is 2.42. The molecule has 1 heterocycles. The van der Waals surface area contributed by atoms with Gasteiger partial charge in [-0.2, -0.15) is 0 Å². The Labute approximate surface area is 148 Å². The smallest absolute Gasteiger partial charge is 0.371 e. The molecule has 23 heavy (non-hydrogen) atoms. The molecule has 0 spiro atoms. The zero-order valence-electron chi connectivity index (χ0n) is 16.4. The molecule has 6 heteroatoms. The molecule has 0 bridgehead atoms. The summed E-state index contributed by atoms with van der Waals surface area (Å²) in [6, 6.07) is 1.09. The molecule has 0 aromatic carbocycles. The highest BCUT2D eigenvalue weighted by molar-refractivity contribution is 6.70. The average molecular weight is 365 g/mol. The van der Waals surface area contributed by atoms with E-state index in [4.69, 9.17) is 18.0 Å². The van der Waals surface area contributed by atoms with Gasteiger partial charge in [0.1, 0.15) is 15.7 Å². The van der Waals surface area contributed by atoms with Gasteiger partial charge in [-0.3, -0.25) is 0 Å². The number of rotatable bonds is 10. The third-order valence-corrected chi connectivity index (χ3v) is 9.55. The highest BCUT2D eigenvalue weighted by Gasteiger charge is 2.58. The SMILES string of the molecule is CCCCO[SiH3].CCOC1(CC)CCCC[Si]1(OCC)OCC. The fraction of sp³-hybridized carbons (Fsp3) is 1.00. The first-order chi connectivity index (χ1) is 11.1. The molecule has 0 radical (unpaired) electrons. The van der Waals surface area contributed by atoms with Gasteiger partial charge in [0.15, 0.2) is 0 Å². The lowest BCUT2D eigenvalue weighted by Crippen LogP contribution is -2.65. The Hall–Kier alpha value is 0.274. The van der Waals surface area contributed by atoms with Gasteiger partial charge in [0, 0.05) is 26.4 Å². The molecule has 0 aromatic rings. The monoisotopic (exact) mass is 364 g/mol. The van der Waals surface area contributed by atoms with E-state index in [1.54, 1.807) is 0 Å². The Bertz CT molecular complexity index is 260. The molecule has 0 aliphatic carbocycles. The minimum atomic E-state index is -2.21. The number of unbranched alkanes of at least 4 members (excludes halogenated alkanes) is 1. The summed E-state index contributed by atoms with van der Waals surface area (Å²) in [6.45, 7) is 13.8. The van der Waals surface area contributed by atoms with Crippen LogP contribution in [0.25, 0.3) is 0 Å². The quantitative estimate of drug-likeness (QED) is 0.439. The van der Waals surface area contributed by atoms with Crippen LogP contribution in [0.3, 0.4) is 0 Å². The van der Waals surface area contributed by atoms with Gasteiger partial charge in [-0.05, 0) is 46.1 Å². The Morgan fingerprint density at radius 3 is 2.00 bits per heavy atom. The van der Waals surface area contributed by atoms with E-state index in [2.05, 4.69) is 34.6 Å². The molecular weight excluding hydrogens is 324 g/mol. The summed E-state index contributed by atoms with van der Waals surface area (Å²) < 4.78 is 23.4. The van der Waals surface area contributed by atoms with Crippen LogP contribution in [0.1, 0.15) is 73.1 Å². The third-order valence-electron chi connectivity index (χ3n) is 4.48. The molecule has 1 atom stereocenters. The first-order valence-electron chi connectivity index (χ1n) is 9.52. The van der Waals surface area contributed by atoms with E-state index in [1.165, 1.54) is 25.7 Å². The Morgan fingerprint density at radius 1 is 0.957 bits per heavy atom. The second-order valence-corrected chi connectivity index (χ2v) is 10.0. The maximum Gasteiger partial charge on any atom is 0.371 e. The van der Waals surface area contributed by atoms with Crippen LogP contribution < -0.4 is 0 Å². The van der Waals surface area contributed by atoms with Crippen LogP contribution >= 0.6 is 0 Å². The van der Waals surface area contributed by atoms with E-state index in [0.29, 0.717) is 0 Å². The highest BCUT2D eigenvalue weighted by atomic mass is 28.4. The molecule has 0 N–H and O–H groups in total. The van der Waals surface area contributed by atoms with Gasteiger partial charge in [0.05, 0.1) is 0 Å². The number of hydrogen-bond acceptors (Lipinski definition) is 4. The van der Waals surface area contributed by atoms with Crippen LogP contribution in [-0.2, 0) is 18.0 Å². The van der Waals surface area contributed by atoms with E-state index in [9.17, 15) is 0 Å².